The smallest absolute Gasteiger partial charge is 0.265 e. The first kappa shape index (κ1) is 21.7. The fourth-order valence-electron chi connectivity index (χ4n) is 5.07. The summed E-state index contributed by atoms with van der Waals surface area (Å²) >= 11 is 1.73. The van der Waals surface area contributed by atoms with Crippen LogP contribution in [0.3, 0.4) is 0 Å². The number of benzene rings is 2. The van der Waals surface area contributed by atoms with E-state index in [9.17, 15) is 9.90 Å². The predicted octanol–water partition coefficient (Wildman–Crippen LogP) is 5.95. The first-order chi connectivity index (χ1) is 17.0. The minimum Gasteiger partial charge on any atom is -0.494 e. The number of hydrogen-bond acceptors (Lipinski definition) is 6. The summed E-state index contributed by atoms with van der Waals surface area (Å²) in [4.78, 5) is 29.5. The Morgan fingerprint density at radius 2 is 1.86 bits per heavy atom. The van der Waals surface area contributed by atoms with Crippen LogP contribution in [0.4, 0.5) is 5.82 Å². The number of thiophene rings is 1. The van der Waals surface area contributed by atoms with Crippen LogP contribution >= 0.6 is 11.3 Å². The van der Waals surface area contributed by atoms with Crippen molar-refractivity contribution in [3.05, 3.63) is 86.3 Å². The molecular formula is C28H24N4O2S. The van der Waals surface area contributed by atoms with E-state index in [0.717, 1.165) is 40.6 Å². The zero-order valence-corrected chi connectivity index (χ0v) is 20.4. The lowest BCUT2D eigenvalue weighted by Crippen LogP contribution is -2.21. The summed E-state index contributed by atoms with van der Waals surface area (Å²) in [6, 6.07) is 13.1. The average Bonchev–Trinajstić information content (AvgIpc) is 3.25. The van der Waals surface area contributed by atoms with Crippen molar-refractivity contribution in [2.75, 3.05) is 0 Å². The third kappa shape index (κ3) is 3.54. The Morgan fingerprint density at radius 3 is 2.69 bits per heavy atom. The van der Waals surface area contributed by atoms with Gasteiger partial charge in [-0.05, 0) is 62.8 Å². The van der Waals surface area contributed by atoms with Crippen molar-refractivity contribution in [1.29, 1.82) is 0 Å². The maximum Gasteiger partial charge on any atom is 0.265 e. The van der Waals surface area contributed by atoms with Crippen molar-refractivity contribution in [3.8, 4) is 11.6 Å². The molecule has 3 heterocycles. The Morgan fingerprint density at radius 1 is 1.06 bits per heavy atom. The molecule has 0 aliphatic heterocycles. The van der Waals surface area contributed by atoms with Crippen molar-refractivity contribution in [2.45, 2.75) is 39.5 Å². The Balaban J connectivity index is 1.58. The lowest BCUT2D eigenvalue weighted by atomic mass is 9.97. The molecule has 0 fully saturated rings. The minimum absolute atomic E-state index is 0.137. The first-order valence-corrected chi connectivity index (χ1v) is 12.6. The molecule has 35 heavy (non-hydrogen) atoms. The number of aromatic hydroxyl groups is 1. The molecule has 3 aromatic heterocycles. The molecule has 2 aromatic carbocycles. The SMILES string of the molecule is Cc1ccc(-n2c(O)c(C=Nc3ncnc4sc5c(c34)CCCC5)c3ccccc3c2=O)c(C)c1. The molecule has 6 nitrogen and oxygen atoms in total. The molecule has 0 bridgehead atoms. The molecular weight excluding hydrogens is 456 g/mol. The molecule has 1 N–H and O–H groups in total. The standard InChI is InChI=1S/C28H24N4O2S/c1-16-11-12-22(17(2)13-16)32-27(33)19-8-4-3-7-18(19)21(28(32)34)14-29-25-24-20-9-5-6-10-23(20)35-26(24)31-15-30-25/h3-4,7-8,11-15,34H,5-6,9-10H2,1-2H3. The first-order valence-electron chi connectivity index (χ1n) is 11.8. The highest BCUT2D eigenvalue weighted by Crippen LogP contribution is 2.39. The van der Waals surface area contributed by atoms with Crippen molar-refractivity contribution in [1.82, 2.24) is 14.5 Å². The van der Waals surface area contributed by atoms with Gasteiger partial charge in [0.2, 0.25) is 5.88 Å². The van der Waals surface area contributed by atoms with E-state index in [4.69, 9.17) is 4.99 Å². The Labute approximate surface area is 206 Å². The van der Waals surface area contributed by atoms with Gasteiger partial charge in [0.05, 0.1) is 16.6 Å². The second-order valence-electron chi connectivity index (χ2n) is 9.06. The number of fused-ring (bicyclic) bond motifs is 4. The monoisotopic (exact) mass is 480 g/mol. The minimum atomic E-state index is -0.265. The Kier molecular flexibility index (Phi) is 5.22. The van der Waals surface area contributed by atoms with Crippen molar-refractivity contribution < 1.29 is 5.11 Å². The largest absolute Gasteiger partial charge is 0.494 e. The molecule has 0 saturated heterocycles. The molecule has 0 unspecified atom stereocenters. The van der Waals surface area contributed by atoms with Gasteiger partial charge in [0.1, 0.15) is 11.2 Å². The summed E-state index contributed by atoms with van der Waals surface area (Å²) in [5.41, 5.74) is 4.17. The molecule has 0 atom stereocenters. The summed E-state index contributed by atoms with van der Waals surface area (Å²) in [6.45, 7) is 3.94. The fourth-order valence-corrected chi connectivity index (χ4v) is 6.29. The molecule has 7 heteroatoms. The third-order valence-electron chi connectivity index (χ3n) is 6.74. The fraction of sp³-hybridized carbons (Fsp3) is 0.214. The quantitative estimate of drug-likeness (QED) is 0.324. The highest BCUT2D eigenvalue weighted by atomic mass is 32.1. The van der Waals surface area contributed by atoms with Crippen LogP contribution in [0, 0.1) is 13.8 Å². The summed E-state index contributed by atoms with van der Waals surface area (Å²) in [7, 11) is 0. The molecule has 174 valence electrons. The van der Waals surface area contributed by atoms with Crippen LogP contribution < -0.4 is 5.56 Å². The normalized spacial score (nSPS) is 13.7. The van der Waals surface area contributed by atoms with E-state index < -0.39 is 0 Å². The van der Waals surface area contributed by atoms with Crippen LogP contribution in [-0.4, -0.2) is 25.9 Å². The lowest BCUT2D eigenvalue weighted by Gasteiger charge is -2.16. The van der Waals surface area contributed by atoms with Gasteiger partial charge in [-0.2, -0.15) is 0 Å². The third-order valence-corrected chi connectivity index (χ3v) is 7.94. The van der Waals surface area contributed by atoms with E-state index in [1.165, 1.54) is 21.4 Å². The highest BCUT2D eigenvalue weighted by Gasteiger charge is 2.21. The van der Waals surface area contributed by atoms with Crippen LogP contribution in [0.15, 0.2) is 58.6 Å². The molecule has 1 aliphatic rings. The zero-order valence-electron chi connectivity index (χ0n) is 19.6. The number of aliphatic imine (C=N–C) groups is 1. The maximum absolute atomic E-state index is 13.5. The van der Waals surface area contributed by atoms with Gasteiger partial charge in [-0.3, -0.25) is 4.79 Å². The van der Waals surface area contributed by atoms with Gasteiger partial charge < -0.3 is 5.11 Å². The zero-order chi connectivity index (χ0) is 24.1. The molecule has 0 spiro atoms. The van der Waals surface area contributed by atoms with Gasteiger partial charge in [-0.25, -0.2) is 19.5 Å². The van der Waals surface area contributed by atoms with Crippen LogP contribution in [0.2, 0.25) is 0 Å². The second-order valence-corrected chi connectivity index (χ2v) is 10.1. The van der Waals surface area contributed by atoms with E-state index in [0.29, 0.717) is 27.8 Å². The molecule has 0 amide bonds. The van der Waals surface area contributed by atoms with Crippen LogP contribution in [0.1, 0.15) is 40.0 Å². The Bertz CT molecular complexity index is 1710. The average molecular weight is 481 g/mol. The lowest BCUT2D eigenvalue weighted by molar-refractivity contribution is 0.436. The van der Waals surface area contributed by atoms with E-state index in [2.05, 4.69) is 9.97 Å². The number of nitrogens with zero attached hydrogens (tertiary/aromatic N) is 4. The molecule has 1 aliphatic carbocycles. The van der Waals surface area contributed by atoms with E-state index in [-0.39, 0.29) is 11.4 Å². The number of hydrogen-bond donors (Lipinski definition) is 1. The summed E-state index contributed by atoms with van der Waals surface area (Å²) in [5.74, 6) is 0.462. The van der Waals surface area contributed by atoms with Crippen molar-refractivity contribution in [2.24, 2.45) is 4.99 Å². The van der Waals surface area contributed by atoms with Gasteiger partial charge in [0, 0.05) is 21.9 Å². The molecule has 6 rings (SSSR count). The maximum atomic E-state index is 13.5. The van der Waals surface area contributed by atoms with Crippen molar-refractivity contribution >= 4 is 44.4 Å². The molecule has 0 radical (unpaired) electrons. The van der Waals surface area contributed by atoms with Crippen molar-refractivity contribution in [3.63, 3.8) is 0 Å². The summed E-state index contributed by atoms with van der Waals surface area (Å²) in [6.07, 6.45) is 7.62. The summed E-state index contributed by atoms with van der Waals surface area (Å²) in [5, 5.41) is 13.6. The van der Waals surface area contributed by atoms with Gasteiger partial charge >= 0.3 is 0 Å². The van der Waals surface area contributed by atoms with E-state index >= 15 is 0 Å². The van der Waals surface area contributed by atoms with E-state index in [1.54, 1.807) is 29.9 Å². The Hall–Kier alpha value is -3.84. The van der Waals surface area contributed by atoms with Gasteiger partial charge in [0.25, 0.3) is 5.56 Å². The number of rotatable bonds is 3. The van der Waals surface area contributed by atoms with Gasteiger partial charge in [-0.1, -0.05) is 35.9 Å². The molecule has 5 aromatic rings. The van der Waals surface area contributed by atoms with Crippen LogP contribution in [-0.2, 0) is 12.8 Å². The van der Waals surface area contributed by atoms with Crippen LogP contribution in [0.5, 0.6) is 5.88 Å². The highest BCUT2D eigenvalue weighted by molar-refractivity contribution is 7.19. The van der Waals surface area contributed by atoms with Gasteiger partial charge in [0.15, 0.2) is 5.82 Å². The molecule has 0 saturated carbocycles. The van der Waals surface area contributed by atoms with Gasteiger partial charge in [-0.15, -0.1) is 11.3 Å². The number of aryl methyl sites for hydroxylation is 4. The predicted molar refractivity (Wildman–Crippen MR) is 142 cm³/mol. The topological polar surface area (TPSA) is 80.4 Å². The number of aromatic nitrogens is 3. The van der Waals surface area contributed by atoms with Crippen LogP contribution in [0.25, 0.3) is 26.7 Å². The summed E-state index contributed by atoms with van der Waals surface area (Å²) < 4.78 is 1.38. The van der Waals surface area contributed by atoms with E-state index in [1.807, 2.05) is 50.2 Å². The second kappa shape index (κ2) is 8.43. The number of pyridine rings is 1.